The molecule has 2 N–H and O–H groups in total. The van der Waals surface area contributed by atoms with Crippen molar-refractivity contribution in [1.82, 2.24) is 14.3 Å². The molecule has 0 atom stereocenters. The lowest BCUT2D eigenvalue weighted by Crippen LogP contribution is -2.39. The van der Waals surface area contributed by atoms with Crippen molar-refractivity contribution in [3.05, 3.63) is 44.0 Å². The van der Waals surface area contributed by atoms with Crippen LogP contribution in [-0.2, 0) is 20.6 Å². The van der Waals surface area contributed by atoms with Crippen LogP contribution in [0.5, 0.6) is 0 Å². The van der Waals surface area contributed by atoms with Gasteiger partial charge in [-0.1, -0.05) is 0 Å². The average molecular weight is 294 g/mol. The molecular formula is C12H14N4O5. The molecule has 0 aliphatic carbocycles. The summed E-state index contributed by atoms with van der Waals surface area (Å²) in [4.78, 5) is 34.2. The predicted octanol–water partition coefficient (Wildman–Crippen LogP) is -0.309. The zero-order valence-electron chi connectivity index (χ0n) is 11.7. The molecule has 0 radical (unpaired) electrons. The molecule has 2 aromatic rings. The van der Waals surface area contributed by atoms with E-state index in [1.165, 1.54) is 27.1 Å². The second-order valence-corrected chi connectivity index (χ2v) is 4.46. The minimum Gasteiger partial charge on any atom is -0.478 e. The van der Waals surface area contributed by atoms with Gasteiger partial charge in [0.25, 0.3) is 5.56 Å². The number of rotatable bonds is 4. The SMILES string of the molecule is Cc1oc(CNc2nn(C)c(=O)n(C)c2=O)cc1C(=O)O. The molecular weight excluding hydrogens is 280 g/mol. The van der Waals surface area contributed by atoms with Crippen molar-refractivity contribution in [1.29, 1.82) is 0 Å². The largest absolute Gasteiger partial charge is 0.478 e. The van der Waals surface area contributed by atoms with E-state index < -0.39 is 17.2 Å². The topological polar surface area (TPSA) is 119 Å². The minimum absolute atomic E-state index is 0.0227. The van der Waals surface area contributed by atoms with E-state index in [-0.39, 0.29) is 23.7 Å². The fraction of sp³-hybridized carbons (Fsp3) is 0.333. The Bertz CT molecular complexity index is 814. The minimum atomic E-state index is -1.08. The summed E-state index contributed by atoms with van der Waals surface area (Å²) in [6, 6.07) is 1.37. The first-order valence-electron chi connectivity index (χ1n) is 6.02. The van der Waals surface area contributed by atoms with Gasteiger partial charge in [-0.15, -0.1) is 5.10 Å². The lowest BCUT2D eigenvalue weighted by molar-refractivity contribution is 0.0695. The Morgan fingerprint density at radius 2 is 2.10 bits per heavy atom. The highest BCUT2D eigenvalue weighted by Gasteiger charge is 2.14. The number of furan rings is 1. The number of carboxylic acids is 1. The van der Waals surface area contributed by atoms with Crippen molar-refractivity contribution in [3.8, 4) is 0 Å². The van der Waals surface area contributed by atoms with E-state index >= 15 is 0 Å². The summed E-state index contributed by atoms with van der Waals surface area (Å²) < 4.78 is 7.22. The summed E-state index contributed by atoms with van der Waals surface area (Å²) in [6.45, 7) is 1.62. The molecule has 0 amide bonds. The van der Waals surface area contributed by atoms with E-state index in [0.29, 0.717) is 5.76 Å². The van der Waals surface area contributed by atoms with E-state index in [9.17, 15) is 14.4 Å². The van der Waals surface area contributed by atoms with Crippen LogP contribution in [0.1, 0.15) is 21.9 Å². The molecule has 0 fully saturated rings. The third-order valence-corrected chi connectivity index (χ3v) is 2.95. The number of aromatic nitrogens is 3. The maximum absolute atomic E-state index is 11.8. The molecule has 112 valence electrons. The second-order valence-electron chi connectivity index (χ2n) is 4.46. The normalized spacial score (nSPS) is 10.6. The smallest absolute Gasteiger partial charge is 0.346 e. The summed E-state index contributed by atoms with van der Waals surface area (Å²) in [7, 11) is 2.77. The van der Waals surface area contributed by atoms with Crippen LogP contribution in [0.2, 0.25) is 0 Å². The van der Waals surface area contributed by atoms with E-state index in [1.54, 1.807) is 0 Å². The van der Waals surface area contributed by atoms with Crippen molar-refractivity contribution in [2.75, 3.05) is 5.32 Å². The van der Waals surface area contributed by atoms with Gasteiger partial charge in [-0.25, -0.2) is 14.3 Å². The van der Waals surface area contributed by atoms with Gasteiger partial charge in [-0.05, 0) is 13.0 Å². The van der Waals surface area contributed by atoms with Crippen LogP contribution in [0.3, 0.4) is 0 Å². The van der Waals surface area contributed by atoms with Crippen molar-refractivity contribution < 1.29 is 14.3 Å². The number of hydrogen-bond donors (Lipinski definition) is 2. The molecule has 0 unspecified atom stereocenters. The van der Waals surface area contributed by atoms with Crippen molar-refractivity contribution in [3.63, 3.8) is 0 Å². The number of hydrogen-bond acceptors (Lipinski definition) is 6. The third-order valence-electron chi connectivity index (χ3n) is 2.95. The summed E-state index contributed by atoms with van der Waals surface area (Å²) >= 11 is 0. The Labute approximate surface area is 118 Å². The van der Waals surface area contributed by atoms with Crippen molar-refractivity contribution >= 4 is 11.8 Å². The number of nitrogens with one attached hydrogen (secondary N) is 1. The fourth-order valence-electron chi connectivity index (χ4n) is 1.82. The van der Waals surface area contributed by atoms with Crippen LogP contribution in [0.25, 0.3) is 0 Å². The molecule has 0 aliphatic heterocycles. The number of aryl methyl sites for hydroxylation is 2. The van der Waals surface area contributed by atoms with Gasteiger partial charge in [-0.3, -0.25) is 9.36 Å². The number of carbonyl (C=O) groups is 1. The van der Waals surface area contributed by atoms with Crippen LogP contribution in [0, 0.1) is 6.92 Å². The lowest BCUT2D eigenvalue weighted by Gasteiger charge is -2.06. The molecule has 9 nitrogen and oxygen atoms in total. The maximum Gasteiger partial charge on any atom is 0.346 e. The first kappa shape index (κ1) is 14.6. The van der Waals surface area contributed by atoms with Gasteiger partial charge in [0.05, 0.1) is 6.54 Å². The van der Waals surface area contributed by atoms with Crippen LogP contribution >= 0.6 is 0 Å². The average Bonchev–Trinajstić information content (AvgIpc) is 2.80. The van der Waals surface area contributed by atoms with Crippen LogP contribution in [0.4, 0.5) is 5.82 Å². The van der Waals surface area contributed by atoms with Gasteiger partial charge in [-0.2, -0.15) is 0 Å². The molecule has 2 aromatic heterocycles. The van der Waals surface area contributed by atoms with Gasteiger partial charge >= 0.3 is 11.7 Å². The Morgan fingerprint density at radius 1 is 1.43 bits per heavy atom. The molecule has 0 aliphatic rings. The molecule has 0 saturated heterocycles. The molecule has 2 rings (SSSR count). The lowest BCUT2D eigenvalue weighted by atomic mass is 10.2. The van der Waals surface area contributed by atoms with Crippen LogP contribution in [-0.4, -0.2) is 25.4 Å². The number of nitrogens with zero attached hydrogens (tertiary/aromatic N) is 3. The van der Waals surface area contributed by atoms with Crippen molar-refractivity contribution in [2.24, 2.45) is 14.1 Å². The Morgan fingerprint density at radius 3 is 2.67 bits per heavy atom. The first-order chi connectivity index (χ1) is 9.81. The van der Waals surface area contributed by atoms with Gasteiger partial charge in [0.2, 0.25) is 5.82 Å². The first-order valence-corrected chi connectivity index (χ1v) is 6.02. The van der Waals surface area contributed by atoms with E-state index in [2.05, 4.69) is 10.4 Å². The second kappa shape index (κ2) is 5.27. The maximum atomic E-state index is 11.8. The van der Waals surface area contributed by atoms with Crippen LogP contribution < -0.4 is 16.6 Å². The summed E-state index contributed by atoms with van der Waals surface area (Å²) in [6.07, 6.45) is 0. The molecule has 0 aromatic carbocycles. The monoisotopic (exact) mass is 294 g/mol. The zero-order valence-corrected chi connectivity index (χ0v) is 11.7. The molecule has 0 bridgehead atoms. The Kier molecular flexibility index (Phi) is 3.66. The predicted molar refractivity (Wildman–Crippen MR) is 72.5 cm³/mol. The number of aromatic carboxylic acids is 1. The summed E-state index contributed by atoms with van der Waals surface area (Å²) in [5.41, 5.74) is -1.04. The Hall–Kier alpha value is -2.84. The molecule has 0 saturated carbocycles. The Balaban J connectivity index is 2.25. The van der Waals surface area contributed by atoms with Gasteiger partial charge in [0.15, 0.2) is 0 Å². The van der Waals surface area contributed by atoms with Gasteiger partial charge in [0.1, 0.15) is 17.1 Å². The number of anilines is 1. The van der Waals surface area contributed by atoms with E-state index in [1.807, 2.05) is 0 Å². The molecule has 21 heavy (non-hydrogen) atoms. The molecule has 2 heterocycles. The highest BCUT2D eigenvalue weighted by molar-refractivity contribution is 5.88. The standard InChI is InChI=1S/C12H14N4O5/c1-6-8(11(18)19)4-7(21-6)5-13-9-10(17)15(2)12(20)16(3)14-9/h4H,5H2,1-3H3,(H,13,14)(H,18,19). The summed E-state index contributed by atoms with van der Waals surface area (Å²) in [5, 5.41) is 15.5. The van der Waals surface area contributed by atoms with E-state index in [0.717, 1.165) is 9.25 Å². The summed E-state index contributed by atoms with van der Waals surface area (Å²) in [5.74, 6) is -0.479. The highest BCUT2D eigenvalue weighted by atomic mass is 16.4. The van der Waals surface area contributed by atoms with Crippen molar-refractivity contribution in [2.45, 2.75) is 13.5 Å². The fourth-order valence-corrected chi connectivity index (χ4v) is 1.82. The highest BCUT2D eigenvalue weighted by Crippen LogP contribution is 2.15. The number of carboxylic acid groups (broad SMARTS) is 1. The van der Waals surface area contributed by atoms with Gasteiger partial charge < -0.3 is 14.8 Å². The van der Waals surface area contributed by atoms with Gasteiger partial charge in [0, 0.05) is 14.1 Å². The molecule has 9 heteroatoms. The zero-order chi connectivity index (χ0) is 15.7. The quantitative estimate of drug-likeness (QED) is 0.793. The molecule has 0 spiro atoms. The van der Waals surface area contributed by atoms with Crippen LogP contribution in [0.15, 0.2) is 20.1 Å². The van der Waals surface area contributed by atoms with E-state index in [4.69, 9.17) is 9.52 Å². The third kappa shape index (κ3) is 2.71.